The Morgan fingerprint density at radius 3 is 2.45 bits per heavy atom. The molecule has 3 aromatic rings. The minimum Gasteiger partial charge on any atom is -0.423 e. The Morgan fingerprint density at radius 1 is 1.09 bits per heavy atom. The average Bonchev–Trinajstić information content (AvgIpc) is 2.53. The van der Waals surface area contributed by atoms with Crippen molar-refractivity contribution >= 4 is 22.3 Å². The van der Waals surface area contributed by atoms with E-state index in [-0.39, 0.29) is 5.69 Å². The summed E-state index contributed by atoms with van der Waals surface area (Å²) >= 11 is 0. The summed E-state index contributed by atoms with van der Waals surface area (Å²) < 4.78 is 5.11. The van der Waals surface area contributed by atoms with Gasteiger partial charge in [0.2, 0.25) is 0 Å². The van der Waals surface area contributed by atoms with Gasteiger partial charge in [-0.3, -0.25) is 10.1 Å². The summed E-state index contributed by atoms with van der Waals surface area (Å²) in [5, 5.41) is 14.5. The van der Waals surface area contributed by atoms with Crippen molar-refractivity contribution in [2.75, 3.05) is 12.4 Å². The van der Waals surface area contributed by atoms with Crippen LogP contribution in [0.3, 0.4) is 0 Å². The van der Waals surface area contributed by atoms with Crippen molar-refractivity contribution in [3.63, 3.8) is 0 Å². The molecule has 2 aromatic carbocycles. The van der Waals surface area contributed by atoms with Gasteiger partial charge < -0.3 is 9.73 Å². The molecule has 0 aliphatic carbocycles. The van der Waals surface area contributed by atoms with Crippen molar-refractivity contribution in [2.45, 2.75) is 0 Å². The third kappa shape index (κ3) is 2.42. The molecule has 0 atom stereocenters. The van der Waals surface area contributed by atoms with Crippen LogP contribution in [0.5, 0.6) is 0 Å². The van der Waals surface area contributed by atoms with E-state index in [0.29, 0.717) is 16.5 Å². The number of nitro benzene ring substituents is 1. The standard InChI is InChI=1S/C16H12N2O4/c1-17-11-4-2-10(3-5-11)13-9-16(19)22-15-7-6-12(18(20)21)8-14(13)15/h2-9,17H,1H3. The van der Waals surface area contributed by atoms with Gasteiger partial charge in [0.05, 0.1) is 4.92 Å². The number of benzene rings is 2. The van der Waals surface area contributed by atoms with E-state index in [4.69, 9.17) is 4.42 Å². The molecular formula is C16H12N2O4. The highest BCUT2D eigenvalue weighted by Gasteiger charge is 2.13. The molecule has 0 spiro atoms. The van der Waals surface area contributed by atoms with Gasteiger partial charge in [0, 0.05) is 41.9 Å². The normalized spacial score (nSPS) is 10.6. The third-order valence-corrected chi connectivity index (χ3v) is 3.42. The van der Waals surface area contributed by atoms with Gasteiger partial charge in [-0.25, -0.2) is 4.79 Å². The molecule has 0 amide bonds. The molecule has 6 heteroatoms. The van der Waals surface area contributed by atoms with Crippen molar-refractivity contribution in [2.24, 2.45) is 0 Å². The van der Waals surface area contributed by atoms with E-state index in [2.05, 4.69) is 5.32 Å². The maximum atomic E-state index is 11.7. The van der Waals surface area contributed by atoms with E-state index < -0.39 is 10.5 Å². The lowest BCUT2D eigenvalue weighted by molar-refractivity contribution is -0.384. The van der Waals surface area contributed by atoms with Crippen LogP contribution in [0.2, 0.25) is 0 Å². The predicted molar refractivity (Wildman–Crippen MR) is 84.1 cm³/mol. The van der Waals surface area contributed by atoms with Gasteiger partial charge in [-0.1, -0.05) is 12.1 Å². The molecule has 0 unspecified atom stereocenters. The molecule has 0 bridgehead atoms. The summed E-state index contributed by atoms with van der Waals surface area (Å²) in [6.45, 7) is 0. The fourth-order valence-corrected chi connectivity index (χ4v) is 2.32. The summed E-state index contributed by atoms with van der Waals surface area (Å²) in [5.41, 5.74) is 2.12. The van der Waals surface area contributed by atoms with E-state index in [1.54, 1.807) is 0 Å². The number of hydrogen-bond acceptors (Lipinski definition) is 5. The topological polar surface area (TPSA) is 85.4 Å². The Bertz CT molecular complexity index is 914. The van der Waals surface area contributed by atoms with Crippen LogP contribution in [-0.2, 0) is 0 Å². The molecular weight excluding hydrogens is 284 g/mol. The van der Waals surface area contributed by atoms with E-state index in [9.17, 15) is 14.9 Å². The molecule has 1 heterocycles. The van der Waals surface area contributed by atoms with E-state index >= 15 is 0 Å². The average molecular weight is 296 g/mol. The molecule has 1 N–H and O–H groups in total. The zero-order chi connectivity index (χ0) is 15.7. The smallest absolute Gasteiger partial charge is 0.336 e. The van der Waals surface area contributed by atoms with Crippen LogP contribution in [0.25, 0.3) is 22.1 Å². The quantitative estimate of drug-likeness (QED) is 0.455. The summed E-state index contributed by atoms with van der Waals surface area (Å²) in [6.07, 6.45) is 0. The highest BCUT2D eigenvalue weighted by molar-refractivity contribution is 5.94. The zero-order valence-electron chi connectivity index (χ0n) is 11.7. The Labute approximate surface area is 125 Å². The van der Waals surface area contributed by atoms with Crippen molar-refractivity contribution in [3.05, 3.63) is 69.1 Å². The second-order valence-corrected chi connectivity index (χ2v) is 4.74. The van der Waals surface area contributed by atoms with Crippen LogP contribution >= 0.6 is 0 Å². The van der Waals surface area contributed by atoms with E-state index in [1.807, 2.05) is 31.3 Å². The van der Waals surface area contributed by atoms with Crippen LogP contribution in [0.15, 0.2) is 57.7 Å². The highest BCUT2D eigenvalue weighted by atomic mass is 16.6. The summed E-state index contributed by atoms with van der Waals surface area (Å²) in [7, 11) is 1.81. The van der Waals surface area contributed by atoms with E-state index in [0.717, 1.165) is 11.3 Å². The number of fused-ring (bicyclic) bond motifs is 1. The number of non-ortho nitro benzene ring substituents is 1. The Kier molecular flexibility index (Phi) is 3.34. The van der Waals surface area contributed by atoms with Gasteiger partial charge in [0.1, 0.15) is 5.58 Å². The maximum absolute atomic E-state index is 11.7. The van der Waals surface area contributed by atoms with Gasteiger partial charge in [-0.05, 0) is 23.8 Å². The molecule has 3 rings (SSSR count). The second kappa shape index (κ2) is 5.33. The van der Waals surface area contributed by atoms with Crippen LogP contribution in [0.4, 0.5) is 11.4 Å². The lowest BCUT2D eigenvalue weighted by Crippen LogP contribution is -1.99. The Hall–Kier alpha value is -3.15. The summed E-state index contributed by atoms with van der Waals surface area (Å²) in [4.78, 5) is 22.2. The minimum absolute atomic E-state index is 0.0468. The number of nitrogens with one attached hydrogen (secondary N) is 1. The number of hydrogen-bond donors (Lipinski definition) is 1. The Balaban J connectivity index is 2.27. The first kappa shape index (κ1) is 13.8. The predicted octanol–water partition coefficient (Wildman–Crippen LogP) is 3.41. The first-order chi connectivity index (χ1) is 10.6. The molecule has 0 saturated heterocycles. The molecule has 6 nitrogen and oxygen atoms in total. The van der Waals surface area contributed by atoms with Gasteiger partial charge in [0.25, 0.3) is 5.69 Å². The Morgan fingerprint density at radius 2 is 1.82 bits per heavy atom. The molecule has 1 aromatic heterocycles. The third-order valence-electron chi connectivity index (χ3n) is 3.42. The monoisotopic (exact) mass is 296 g/mol. The van der Waals surface area contributed by atoms with Gasteiger partial charge in [-0.2, -0.15) is 0 Å². The molecule has 0 aliphatic rings. The van der Waals surface area contributed by atoms with Crippen molar-refractivity contribution in [1.29, 1.82) is 0 Å². The highest BCUT2D eigenvalue weighted by Crippen LogP contribution is 2.30. The number of nitrogens with zero attached hydrogens (tertiary/aromatic N) is 1. The molecule has 0 fully saturated rings. The van der Waals surface area contributed by atoms with Gasteiger partial charge in [-0.15, -0.1) is 0 Å². The van der Waals surface area contributed by atoms with Crippen molar-refractivity contribution in [3.8, 4) is 11.1 Å². The molecule has 0 saturated carbocycles. The van der Waals surface area contributed by atoms with Crippen LogP contribution < -0.4 is 10.9 Å². The van der Waals surface area contributed by atoms with Crippen molar-refractivity contribution in [1.82, 2.24) is 0 Å². The van der Waals surface area contributed by atoms with Crippen molar-refractivity contribution < 1.29 is 9.34 Å². The lowest BCUT2D eigenvalue weighted by Gasteiger charge is -2.07. The molecule has 0 radical (unpaired) electrons. The van der Waals surface area contributed by atoms with Gasteiger partial charge >= 0.3 is 5.63 Å². The SMILES string of the molecule is CNc1ccc(-c2cc(=O)oc3ccc([N+](=O)[O-])cc23)cc1. The van der Waals surface area contributed by atoms with E-state index in [1.165, 1.54) is 24.3 Å². The summed E-state index contributed by atoms with van der Waals surface area (Å²) in [6, 6.07) is 13.0. The molecule has 0 aliphatic heterocycles. The number of nitro groups is 1. The fourth-order valence-electron chi connectivity index (χ4n) is 2.32. The van der Waals surface area contributed by atoms with Gasteiger partial charge in [0.15, 0.2) is 0 Å². The molecule has 22 heavy (non-hydrogen) atoms. The minimum atomic E-state index is -0.492. The molecule has 110 valence electrons. The number of rotatable bonds is 3. The first-order valence-corrected chi connectivity index (χ1v) is 6.59. The van der Waals surface area contributed by atoms with Crippen LogP contribution in [0.1, 0.15) is 0 Å². The fraction of sp³-hybridized carbons (Fsp3) is 0.0625. The summed E-state index contributed by atoms with van der Waals surface area (Å²) in [5.74, 6) is 0. The van der Waals surface area contributed by atoms with Crippen LogP contribution in [0, 0.1) is 10.1 Å². The zero-order valence-corrected chi connectivity index (χ0v) is 11.7. The van der Waals surface area contributed by atoms with Crippen LogP contribution in [-0.4, -0.2) is 12.0 Å². The number of anilines is 1. The largest absolute Gasteiger partial charge is 0.423 e. The lowest BCUT2D eigenvalue weighted by atomic mass is 10.0. The first-order valence-electron chi connectivity index (χ1n) is 6.59. The second-order valence-electron chi connectivity index (χ2n) is 4.74. The maximum Gasteiger partial charge on any atom is 0.336 e.